The van der Waals surface area contributed by atoms with Crippen molar-refractivity contribution in [1.29, 1.82) is 0 Å². The standard InChI is InChI=1S/C19H23N3O4S/c1-25-14-8-12(9-15(10-14)26-2)17(23)22-19-21-16(11-27-19)18(24)20-13-6-4-3-5-7-13/h8-11,13H,3-7H2,1-2H3,(H,20,24)(H,21,22,23). The fourth-order valence-corrected chi connectivity index (χ4v) is 3.74. The third kappa shape index (κ3) is 4.97. The third-order valence-corrected chi connectivity index (χ3v) is 5.27. The number of aromatic nitrogens is 1. The number of benzene rings is 1. The number of nitrogens with one attached hydrogen (secondary N) is 2. The van der Waals surface area contributed by atoms with Gasteiger partial charge in [0, 0.05) is 23.1 Å². The summed E-state index contributed by atoms with van der Waals surface area (Å²) in [5.41, 5.74) is 0.707. The Morgan fingerprint density at radius 2 is 1.70 bits per heavy atom. The van der Waals surface area contributed by atoms with Crippen LogP contribution in [-0.2, 0) is 0 Å². The first-order valence-corrected chi connectivity index (χ1v) is 9.78. The highest BCUT2D eigenvalue weighted by Gasteiger charge is 2.19. The topological polar surface area (TPSA) is 89.6 Å². The second-order valence-corrected chi connectivity index (χ2v) is 7.26. The third-order valence-electron chi connectivity index (χ3n) is 4.51. The largest absolute Gasteiger partial charge is 0.497 e. The second kappa shape index (κ2) is 8.85. The monoisotopic (exact) mass is 389 g/mol. The van der Waals surface area contributed by atoms with Crippen molar-refractivity contribution in [2.75, 3.05) is 19.5 Å². The van der Waals surface area contributed by atoms with Crippen molar-refractivity contribution in [3.8, 4) is 11.5 Å². The summed E-state index contributed by atoms with van der Waals surface area (Å²) in [7, 11) is 3.04. The molecule has 2 N–H and O–H groups in total. The van der Waals surface area contributed by atoms with Gasteiger partial charge in [0.25, 0.3) is 11.8 Å². The van der Waals surface area contributed by atoms with Crippen LogP contribution >= 0.6 is 11.3 Å². The molecule has 27 heavy (non-hydrogen) atoms. The maximum atomic E-state index is 12.5. The van der Waals surface area contributed by atoms with Gasteiger partial charge in [0.05, 0.1) is 14.2 Å². The number of hydrogen-bond donors (Lipinski definition) is 2. The average Bonchev–Trinajstić information content (AvgIpc) is 3.17. The van der Waals surface area contributed by atoms with Gasteiger partial charge in [-0.15, -0.1) is 11.3 Å². The van der Waals surface area contributed by atoms with E-state index in [0.717, 1.165) is 25.7 Å². The average molecular weight is 389 g/mol. The van der Waals surface area contributed by atoms with Gasteiger partial charge in [0.15, 0.2) is 5.13 Å². The van der Waals surface area contributed by atoms with E-state index < -0.39 is 0 Å². The molecule has 1 aliphatic carbocycles. The molecule has 7 nitrogen and oxygen atoms in total. The van der Waals surface area contributed by atoms with Crippen molar-refractivity contribution in [3.05, 3.63) is 34.8 Å². The lowest BCUT2D eigenvalue weighted by atomic mass is 9.95. The Kier molecular flexibility index (Phi) is 6.28. The van der Waals surface area contributed by atoms with Gasteiger partial charge in [-0.05, 0) is 25.0 Å². The highest BCUT2D eigenvalue weighted by Crippen LogP contribution is 2.24. The lowest BCUT2D eigenvalue weighted by Gasteiger charge is -2.22. The summed E-state index contributed by atoms with van der Waals surface area (Å²) in [6.07, 6.45) is 5.54. The van der Waals surface area contributed by atoms with E-state index in [9.17, 15) is 9.59 Å². The summed E-state index contributed by atoms with van der Waals surface area (Å²) in [5.74, 6) is 0.500. The van der Waals surface area contributed by atoms with E-state index in [0.29, 0.717) is 27.9 Å². The van der Waals surface area contributed by atoms with Crippen molar-refractivity contribution in [1.82, 2.24) is 10.3 Å². The van der Waals surface area contributed by atoms with Crippen molar-refractivity contribution in [3.63, 3.8) is 0 Å². The molecule has 2 aromatic rings. The van der Waals surface area contributed by atoms with Crippen molar-refractivity contribution < 1.29 is 19.1 Å². The van der Waals surface area contributed by atoms with Gasteiger partial charge in [-0.25, -0.2) is 4.98 Å². The molecule has 1 fully saturated rings. The molecule has 3 rings (SSSR count). The molecular formula is C19H23N3O4S. The second-order valence-electron chi connectivity index (χ2n) is 6.40. The number of anilines is 1. The molecule has 0 aliphatic heterocycles. The van der Waals surface area contributed by atoms with E-state index in [1.165, 1.54) is 32.0 Å². The van der Waals surface area contributed by atoms with Gasteiger partial charge >= 0.3 is 0 Å². The highest BCUT2D eigenvalue weighted by atomic mass is 32.1. The van der Waals surface area contributed by atoms with E-state index >= 15 is 0 Å². The summed E-state index contributed by atoms with van der Waals surface area (Å²) in [6.45, 7) is 0. The first kappa shape index (κ1) is 19.2. The molecule has 2 amide bonds. The number of thiazole rings is 1. The molecular weight excluding hydrogens is 366 g/mol. The van der Waals surface area contributed by atoms with Crippen LogP contribution in [0.2, 0.25) is 0 Å². The van der Waals surface area contributed by atoms with E-state index in [1.807, 2.05) is 0 Å². The summed E-state index contributed by atoms with van der Waals surface area (Å²) >= 11 is 1.22. The predicted octanol–water partition coefficient (Wildman–Crippen LogP) is 3.48. The SMILES string of the molecule is COc1cc(OC)cc(C(=O)Nc2nc(C(=O)NC3CCCCC3)cs2)c1. The van der Waals surface area contributed by atoms with Crippen LogP contribution in [0.1, 0.15) is 53.0 Å². The fraction of sp³-hybridized carbons (Fsp3) is 0.421. The highest BCUT2D eigenvalue weighted by molar-refractivity contribution is 7.14. The molecule has 0 unspecified atom stereocenters. The van der Waals surface area contributed by atoms with Crippen LogP contribution in [0.15, 0.2) is 23.6 Å². The predicted molar refractivity (Wildman–Crippen MR) is 104 cm³/mol. The van der Waals surface area contributed by atoms with Crippen molar-refractivity contribution >= 4 is 28.3 Å². The van der Waals surface area contributed by atoms with E-state index in [4.69, 9.17) is 9.47 Å². The van der Waals surface area contributed by atoms with Crippen molar-refractivity contribution in [2.24, 2.45) is 0 Å². The first-order valence-electron chi connectivity index (χ1n) is 8.90. The molecule has 0 bridgehead atoms. The molecule has 0 atom stereocenters. The quantitative estimate of drug-likeness (QED) is 0.790. The normalized spacial score (nSPS) is 14.4. The minimum absolute atomic E-state index is 0.193. The molecule has 0 radical (unpaired) electrons. The Labute approximate surface area is 162 Å². The van der Waals surface area contributed by atoms with Crippen LogP contribution < -0.4 is 20.1 Å². The zero-order valence-corrected chi connectivity index (χ0v) is 16.2. The van der Waals surface area contributed by atoms with Gasteiger partial charge in [-0.3, -0.25) is 14.9 Å². The number of carbonyl (C=O) groups is 2. The van der Waals surface area contributed by atoms with Gasteiger partial charge in [-0.2, -0.15) is 0 Å². The molecule has 1 heterocycles. The Balaban J connectivity index is 1.64. The first-order chi connectivity index (χ1) is 13.1. The summed E-state index contributed by atoms with van der Waals surface area (Å²) in [6, 6.07) is 5.13. The molecule has 1 aromatic carbocycles. The number of amides is 2. The minimum atomic E-state index is -0.346. The molecule has 0 spiro atoms. The number of rotatable bonds is 6. The van der Waals surface area contributed by atoms with Crippen LogP contribution in [0.5, 0.6) is 11.5 Å². The molecule has 0 saturated heterocycles. The van der Waals surface area contributed by atoms with Crippen LogP contribution in [-0.4, -0.2) is 37.1 Å². The van der Waals surface area contributed by atoms with Gasteiger partial charge in [0.1, 0.15) is 17.2 Å². The van der Waals surface area contributed by atoms with Crippen LogP contribution in [0.3, 0.4) is 0 Å². The number of nitrogens with zero attached hydrogens (tertiary/aromatic N) is 1. The van der Waals surface area contributed by atoms with Crippen molar-refractivity contribution in [2.45, 2.75) is 38.1 Å². The summed E-state index contributed by atoms with van der Waals surface area (Å²) in [5, 5.41) is 7.76. The Morgan fingerprint density at radius 3 is 2.33 bits per heavy atom. The summed E-state index contributed by atoms with van der Waals surface area (Å²) in [4.78, 5) is 29.1. The number of carbonyl (C=O) groups excluding carboxylic acids is 2. The lowest BCUT2D eigenvalue weighted by Crippen LogP contribution is -2.36. The Bertz CT molecular complexity index is 793. The van der Waals surface area contributed by atoms with Crippen LogP contribution in [0, 0.1) is 0 Å². The Morgan fingerprint density at radius 1 is 1.04 bits per heavy atom. The van der Waals surface area contributed by atoms with E-state index in [1.54, 1.807) is 23.6 Å². The number of methoxy groups -OCH3 is 2. The molecule has 144 valence electrons. The lowest BCUT2D eigenvalue weighted by molar-refractivity contribution is 0.0922. The number of hydrogen-bond acceptors (Lipinski definition) is 6. The van der Waals surface area contributed by atoms with E-state index in [-0.39, 0.29) is 17.9 Å². The minimum Gasteiger partial charge on any atom is -0.497 e. The summed E-state index contributed by atoms with van der Waals surface area (Å²) < 4.78 is 10.4. The molecule has 1 aliphatic rings. The fourth-order valence-electron chi connectivity index (χ4n) is 3.05. The molecule has 1 saturated carbocycles. The maximum absolute atomic E-state index is 12.5. The van der Waals surface area contributed by atoms with Crippen LogP contribution in [0.25, 0.3) is 0 Å². The van der Waals surface area contributed by atoms with Gasteiger partial charge in [-0.1, -0.05) is 19.3 Å². The Hall–Kier alpha value is -2.61. The molecule has 8 heteroatoms. The van der Waals surface area contributed by atoms with Crippen LogP contribution in [0.4, 0.5) is 5.13 Å². The zero-order chi connectivity index (χ0) is 19.2. The molecule has 1 aromatic heterocycles. The van der Waals surface area contributed by atoms with Gasteiger partial charge in [0.2, 0.25) is 0 Å². The zero-order valence-electron chi connectivity index (χ0n) is 15.4. The van der Waals surface area contributed by atoms with E-state index in [2.05, 4.69) is 15.6 Å². The smallest absolute Gasteiger partial charge is 0.271 e. The van der Waals surface area contributed by atoms with Gasteiger partial charge < -0.3 is 14.8 Å². The maximum Gasteiger partial charge on any atom is 0.271 e. The number of ether oxygens (including phenoxy) is 2.